The first-order valence-corrected chi connectivity index (χ1v) is 6.87. The Morgan fingerprint density at radius 2 is 2.10 bits per heavy atom. The van der Waals surface area contributed by atoms with Crippen LogP contribution in [0.2, 0.25) is 0 Å². The smallest absolute Gasteiger partial charge is 0.251 e. The lowest BCUT2D eigenvalue weighted by atomic mass is 10.1. The molecule has 0 spiro atoms. The third-order valence-corrected chi connectivity index (χ3v) is 3.19. The van der Waals surface area contributed by atoms with Gasteiger partial charge >= 0.3 is 0 Å². The Hall–Kier alpha value is -1.92. The molecule has 0 fully saturated rings. The Morgan fingerprint density at radius 3 is 2.71 bits per heavy atom. The molecule has 1 aromatic rings. The zero-order valence-corrected chi connectivity index (χ0v) is 12.7. The van der Waals surface area contributed by atoms with Gasteiger partial charge in [-0.2, -0.15) is 0 Å². The van der Waals surface area contributed by atoms with Gasteiger partial charge in [0.1, 0.15) is 0 Å². The Labute approximate surface area is 125 Å². The summed E-state index contributed by atoms with van der Waals surface area (Å²) in [6.45, 7) is 2.44. The average molecular weight is 293 g/mol. The summed E-state index contributed by atoms with van der Waals surface area (Å²) in [5.74, 6) is -0.460. The molecule has 1 rings (SSSR count). The van der Waals surface area contributed by atoms with E-state index in [0.29, 0.717) is 24.3 Å². The molecule has 6 nitrogen and oxygen atoms in total. The zero-order chi connectivity index (χ0) is 15.8. The standard InChI is InChI=1S/C15H23N3O3/c1-10-6-7-11(14(19)17-2)9-13(10)18-15(20)12(16)5-4-8-21-3/h6-7,9,12H,4-5,8,16H2,1-3H3,(H,17,19)(H,18,20). The summed E-state index contributed by atoms with van der Waals surface area (Å²) in [6.07, 6.45) is 1.27. The molecule has 0 aliphatic rings. The lowest BCUT2D eigenvalue weighted by Gasteiger charge is -2.14. The summed E-state index contributed by atoms with van der Waals surface area (Å²) >= 11 is 0. The molecule has 116 valence electrons. The molecule has 0 saturated heterocycles. The van der Waals surface area contributed by atoms with E-state index in [1.165, 1.54) is 0 Å². The first-order valence-electron chi connectivity index (χ1n) is 6.87. The van der Waals surface area contributed by atoms with Crippen molar-refractivity contribution in [2.24, 2.45) is 5.73 Å². The highest BCUT2D eigenvalue weighted by atomic mass is 16.5. The normalized spacial score (nSPS) is 11.8. The van der Waals surface area contributed by atoms with Crippen LogP contribution in [-0.4, -0.2) is 38.6 Å². The fraction of sp³-hybridized carbons (Fsp3) is 0.467. The highest BCUT2D eigenvalue weighted by molar-refractivity contribution is 5.99. The monoisotopic (exact) mass is 293 g/mol. The number of hydrogen-bond donors (Lipinski definition) is 3. The quantitative estimate of drug-likeness (QED) is 0.655. The van der Waals surface area contributed by atoms with Crippen molar-refractivity contribution in [3.8, 4) is 0 Å². The minimum atomic E-state index is -0.594. The third kappa shape index (κ3) is 5.17. The van der Waals surface area contributed by atoms with Gasteiger partial charge in [-0.1, -0.05) is 6.07 Å². The molecule has 4 N–H and O–H groups in total. The molecule has 2 amide bonds. The van der Waals surface area contributed by atoms with Crippen LogP contribution in [0.1, 0.15) is 28.8 Å². The summed E-state index contributed by atoms with van der Waals surface area (Å²) in [5, 5.41) is 5.32. The number of aryl methyl sites for hydroxylation is 1. The molecule has 1 unspecified atom stereocenters. The first kappa shape index (κ1) is 17.1. The van der Waals surface area contributed by atoms with Gasteiger partial charge in [0, 0.05) is 32.0 Å². The van der Waals surface area contributed by atoms with Crippen molar-refractivity contribution in [1.82, 2.24) is 5.32 Å². The number of nitrogens with one attached hydrogen (secondary N) is 2. The lowest BCUT2D eigenvalue weighted by Crippen LogP contribution is -2.36. The number of carbonyl (C=O) groups is 2. The minimum Gasteiger partial charge on any atom is -0.385 e. The predicted molar refractivity (Wildman–Crippen MR) is 82.3 cm³/mol. The average Bonchev–Trinajstić information content (AvgIpc) is 2.48. The Kier molecular flexibility index (Phi) is 6.84. The van der Waals surface area contributed by atoms with Crippen LogP contribution in [0.5, 0.6) is 0 Å². The molecule has 0 heterocycles. The number of rotatable bonds is 7. The summed E-state index contributed by atoms with van der Waals surface area (Å²) in [7, 11) is 3.17. The first-order chi connectivity index (χ1) is 9.99. The maximum atomic E-state index is 12.0. The van der Waals surface area contributed by atoms with Crippen LogP contribution in [-0.2, 0) is 9.53 Å². The Bertz CT molecular complexity index is 503. The Balaban J connectivity index is 2.72. The molecule has 0 aromatic heterocycles. The molecule has 1 atom stereocenters. The van der Waals surface area contributed by atoms with E-state index in [4.69, 9.17) is 10.5 Å². The van der Waals surface area contributed by atoms with Gasteiger partial charge < -0.3 is 21.1 Å². The summed E-state index contributed by atoms with van der Waals surface area (Å²) in [6, 6.07) is 4.55. The summed E-state index contributed by atoms with van der Waals surface area (Å²) in [5.41, 5.74) is 7.80. The zero-order valence-electron chi connectivity index (χ0n) is 12.7. The van der Waals surface area contributed by atoms with E-state index in [2.05, 4.69) is 10.6 Å². The van der Waals surface area contributed by atoms with Crippen LogP contribution in [0, 0.1) is 6.92 Å². The second kappa shape index (κ2) is 8.39. The largest absolute Gasteiger partial charge is 0.385 e. The van der Waals surface area contributed by atoms with Crippen LogP contribution in [0.15, 0.2) is 18.2 Å². The minimum absolute atomic E-state index is 0.199. The number of anilines is 1. The van der Waals surface area contributed by atoms with Crippen LogP contribution < -0.4 is 16.4 Å². The van der Waals surface area contributed by atoms with E-state index in [1.54, 1.807) is 32.4 Å². The molecule has 0 bridgehead atoms. The highest BCUT2D eigenvalue weighted by Gasteiger charge is 2.15. The van der Waals surface area contributed by atoms with Crippen molar-refractivity contribution < 1.29 is 14.3 Å². The van der Waals surface area contributed by atoms with E-state index in [-0.39, 0.29) is 11.8 Å². The van der Waals surface area contributed by atoms with Gasteiger partial charge in [0.25, 0.3) is 5.91 Å². The van der Waals surface area contributed by atoms with Crippen molar-refractivity contribution in [3.63, 3.8) is 0 Å². The van der Waals surface area contributed by atoms with E-state index < -0.39 is 6.04 Å². The van der Waals surface area contributed by atoms with E-state index >= 15 is 0 Å². The SMILES string of the molecule is CNC(=O)c1ccc(C)c(NC(=O)C(N)CCCOC)c1. The van der Waals surface area contributed by atoms with Crippen molar-refractivity contribution in [2.75, 3.05) is 26.1 Å². The molecule has 6 heteroatoms. The number of amides is 2. The fourth-order valence-electron chi connectivity index (χ4n) is 1.85. The van der Waals surface area contributed by atoms with Crippen molar-refractivity contribution in [2.45, 2.75) is 25.8 Å². The second-order valence-electron chi connectivity index (χ2n) is 4.84. The number of nitrogens with two attached hydrogens (primary N) is 1. The molecule has 0 aliphatic carbocycles. The van der Waals surface area contributed by atoms with Crippen LogP contribution in [0.4, 0.5) is 5.69 Å². The number of benzene rings is 1. The topological polar surface area (TPSA) is 93.5 Å². The van der Waals surface area contributed by atoms with Gasteiger partial charge in [0.15, 0.2) is 0 Å². The van der Waals surface area contributed by atoms with Gasteiger partial charge in [0.2, 0.25) is 5.91 Å². The third-order valence-electron chi connectivity index (χ3n) is 3.19. The Morgan fingerprint density at radius 1 is 1.38 bits per heavy atom. The van der Waals surface area contributed by atoms with Crippen molar-refractivity contribution in [3.05, 3.63) is 29.3 Å². The van der Waals surface area contributed by atoms with E-state index in [1.807, 2.05) is 6.92 Å². The second-order valence-corrected chi connectivity index (χ2v) is 4.84. The van der Waals surface area contributed by atoms with Gasteiger partial charge in [-0.05, 0) is 37.5 Å². The number of hydrogen-bond acceptors (Lipinski definition) is 4. The molecule has 0 saturated carbocycles. The van der Waals surface area contributed by atoms with E-state index in [0.717, 1.165) is 12.0 Å². The van der Waals surface area contributed by atoms with Gasteiger partial charge in [-0.3, -0.25) is 9.59 Å². The van der Waals surface area contributed by atoms with Crippen LogP contribution in [0.3, 0.4) is 0 Å². The highest BCUT2D eigenvalue weighted by Crippen LogP contribution is 2.17. The number of ether oxygens (including phenoxy) is 1. The molecule has 0 radical (unpaired) electrons. The molecule has 21 heavy (non-hydrogen) atoms. The fourth-order valence-corrected chi connectivity index (χ4v) is 1.85. The van der Waals surface area contributed by atoms with E-state index in [9.17, 15) is 9.59 Å². The number of methoxy groups -OCH3 is 1. The van der Waals surface area contributed by atoms with Crippen LogP contribution >= 0.6 is 0 Å². The van der Waals surface area contributed by atoms with Gasteiger partial charge in [-0.15, -0.1) is 0 Å². The van der Waals surface area contributed by atoms with Gasteiger partial charge in [0.05, 0.1) is 6.04 Å². The molecule has 1 aromatic carbocycles. The molecular weight excluding hydrogens is 270 g/mol. The van der Waals surface area contributed by atoms with Crippen LogP contribution in [0.25, 0.3) is 0 Å². The lowest BCUT2D eigenvalue weighted by molar-refractivity contribution is -0.117. The molecule has 0 aliphatic heterocycles. The summed E-state index contributed by atoms with van der Waals surface area (Å²) < 4.78 is 4.93. The van der Waals surface area contributed by atoms with Gasteiger partial charge in [-0.25, -0.2) is 0 Å². The predicted octanol–water partition coefficient (Wildman–Crippen LogP) is 1.05. The molecular formula is C15H23N3O3. The van der Waals surface area contributed by atoms with Crippen molar-refractivity contribution >= 4 is 17.5 Å². The maximum absolute atomic E-state index is 12.0. The van der Waals surface area contributed by atoms with Crippen molar-refractivity contribution in [1.29, 1.82) is 0 Å². The number of carbonyl (C=O) groups excluding carboxylic acids is 2. The maximum Gasteiger partial charge on any atom is 0.251 e. The summed E-state index contributed by atoms with van der Waals surface area (Å²) in [4.78, 5) is 23.6.